The van der Waals surface area contributed by atoms with Crippen LogP contribution in [0.3, 0.4) is 0 Å². The van der Waals surface area contributed by atoms with Gasteiger partial charge in [0.1, 0.15) is 5.75 Å². The summed E-state index contributed by atoms with van der Waals surface area (Å²) in [6, 6.07) is 8.92. The number of hydrogen-bond donors (Lipinski definition) is 2. The molecule has 28 heavy (non-hydrogen) atoms. The van der Waals surface area contributed by atoms with Gasteiger partial charge in [-0.2, -0.15) is 0 Å². The molecule has 2 aromatic carbocycles. The van der Waals surface area contributed by atoms with Gasteiger partial charge in [0.05, 0.1) is 12.6 Å². The number of halogens is 1. The lowest BCUT2D eigenvalue weighted by atomic mass is 10.1. The van der Waals surface area contributed by atoms with Crippen LogP contribution in [0.5, 0.6) is 23.0 Å². The average Bonchev–Trinajstić information content (AvgIpc) is 3.42. The van der Waals surface area contributed by atoms with Crippen LogP contribution in [-0.2, 0) is 4.79 Å². The highest BCUT2D eigenvalue weighted by atomic mass is 19.1. The van der Waals surface area contributed by atoms with Crippen LogP contribution in [0.2, 0.25) is 0 Å². The summed E-state index contributed by atoms with van der Waals surface area (Å²) >= 11 is 0. The quantitative estimate of drug-likeness (QED) is 0.673. The molecule has 144 valence electrons. The summed E-state index contributed by atoms with van der Waals surface area (Å²) in [6.45, 7) is 1.89. The summed E-state index contributed by atoms with van der Waals surface area (Å²) in [5.74, 6) is -0.116. The zero-order valence-electron chi connectivity index (χ0n) is 15.5. The molecule has 0 bridgehead atoms. The molecule has 1 aliphatic carbocycles. The van der Waals surface area contributed by atoms with Gasteiger partial charge >= 0.3 is 0 Å². The third-order valence-electron chi connectivity index (χ3n) is 4.96. The maximum absolute atomic E-state index is 14.6. The Balaban J connectivity index is 1.61. The lowest BCUT2D eigenvalue weighted by molar-refractivity contribution is -0.120. The van der Waals surface area contributed by atoms with Crippen LogP contribution in [0.25, 0.3) is 10.9 Å². The summed E-state index contributed by atoms with van der Waals surface area (Å²) in [7, 11) is 1.44. The van der Waals surface area contributed by atoms with Gasteiger partial charge in [-0.25, -0.2) is 4.39 Å². The Labute approximate surface area is 160 Å². The lowest BCUT2D eigenvalue weighted by Crippen LogP contribution is -2.21. The predicted molar refractivity (Wildman–Crippen MR) is 102 cm³/mol. The van der Waals surface area contributed by atoms with Crippen LogP contribution in [0.1, 0.15) is 19.8 Å². The van der Waals surface area contributed by atoms with Gasteiger partial charge in [0.15, 0.2) is 23.1 Å². The highest BCUT2D eigenvalue weighted by molar-refractivity contribution is 5.96. The Morgan fingerprint density at radius 3 is 2.64 bits per heavy atom. The first-order valence-corrected chi connectivity index (χ1v) is 8.84. The second kappa shape index (κ2) is 6.67. The minimum Gasteiger partial charge on any atom is -0.504 e. The van der Waals surface area contributed by atoms with Gasteiger partial charge in [-0.15, -0.1) is 0 Å². The summed E-state index contributed by atoms with van der Waals surface area (Å²) in [5, 5.41) is 13.2. The minimum absolute atomic E-state index is 0.00942. The fourth-order valence-corrected chi connectivity index (χ4v) is 2.87. The van der Waals surface area contributed by atoms with Crippen LogP contribution in [0, 0.1) is 11.2 Å². The Morgan fingerprint density at radius 1 is 1.18 bits per heavy atom. The Bertz CT molecular complexity index is 1080. The van der Waals surface area contributed by atoms with Gasteiger partial charge in [0.2, 0.25) is 5.91 Å². The number of hydrogen-bond acceptors (Lipinski definition) is 5. The van der Waals surface area contributed by atoms with E-state index in [0.29, 0.717) is 22.3 Å². The van der Waals surface area contributed by atoms with E-state index in [9.17, 15) is 14.3 Å². The van der Waals surface area contributed by atoms with Crippen molar-refractivity contribution < 1.29 is 23.8 Å². The molecule has 0 unspecified atom stereocenters. The molecule has 3 aromatic rings. The van der Waals surface area contributed by atoms with Crippen molar-refractivity contribution >= 4 is 22.5 Å². The highest BCUT2D eigenvalue weighted by Gasteiger charge is 2.44. The molecule has 4 rings (SSSR count). The number of amides is 1. The van der Waals surface area contributed by atoms with Crippen LogP contribution in [0.4, 0.5) is 10.1 Å². The normalized spacial score (nSPS) is 14.5. The number of benzene rings is 2. The number of pyridine rings is 1. The minimum atomic E-state index is -0.602. The van der Waals surface area contributed by atoms with E-state index in [1.165, 1.54) is 31.5 Å². The Kier molecular flexibility index (Phi) is 4.30. The van der Waals surface area contributed by atoms with E-state index >= 15 is 0 Å². The second-order valence-electron chi connectivity index (χ2n) is 7.11. The van der Waals surface area contributed by atoms with E-state index < -0.39 is 5.82 Å². The van der Waals surface area contributed by atoms with Crippen LogP contribution < -0.4 is 14.8 Å². The molecule has 1 fully saturated rings. The first-order valence-electron chi connectivity index (χ1n) is 8.84. The largest absolute Gasteiger partial charge is 0.504 e. The molecule has 1 aliphatic rings. The van der Waals surface area contributed by atoms with Crippen LogP contribution in [-0.4, -0.2) is 23.1 Å². The molecule has 1 amide bonds. The first kappa shape index (κ1) is 18.0. The number of nitrogens with one attached hydrogen (secondary N) is 1. The summed E-state index contributed by atoms with van der Waals surface area (Å²) in [6.07, 6.45) is 3.19. The van der Waals surface area contributed by atoms with Crippen LogP contribution >= 0.6 is 0 Å². The molecule has 0 atom stereocenters. The molecule has 1 aromatic heterocycles. The molecule has 1 heterocycles. The maximum Gasteiger partial charge on any atom is 0.230 e. The number of phenols is 1. The Hall–Kier alpha value is -3.35. The number of rotatable bonds is 5. The number of carbonyl (C=O) groups is 1. The fourth-order valence-electron chi connectivity index (χ4n) is 2.87. The number of phenolic OH excluding ortho intramolecular Hbond substituents is 1. The van der Waals surface area contributed by atoms with E-state index in [4.69, 9.17) is 9.47 Å². The molecular weight excluding hydrogens is 363 g/mol. The van der Waals surface area contributed by atoms with E-state index in [1.54, 1.807) is 18.2 Å². The first-order chi connectivity index (χ1) is 13.4. The predicted octanol–water partition coefficient (Wildman–Crippen LogP) is 4.62. The Morgan fingerprint density at radius 2 is 1.96 bits per heavy atom. The van der Waals surface area contributed by atoms with Crippen molar-refractivity contribution in [3.05, 3.63) is 48.4 Å². The van der Waals surface area contributed by atoms with Crippen molar-refractivity contribution in [3.8, 4) is 23.0 Å². The lowest BCUT2D eigenvalue weighted by Gasteiger charge is -2.13. The van der Waals surface area contributed by atoms with Crippen LogP contribution in [0.15, 0.2) is 42.6 Å². The third-order valence-corrected chi connectivity index (χ3v) is 4.96. The number of aromatic hydroxyl groups is 1. The van der Waals surface area contributed by atoms with Gasteiger partial charge in [-0.3, -0.25) is 9.78 Å². The highest BCUT2D eigenvalue weighted by Crippen LogP contribution is 2.46. The number of anilines is 1. The molecule has 2 N–H and O–H groups in total. The van der Waals surface area contributed by atoms with Gasteiger partial charge in [-0.05, 0) is 37.1 Å². The molecule has 7 heteroatoms. The van der Waals surface area contributed by atoms with Crippen molar-refractivity contribution in [3.63, 3.8) is 0 Å². The average molecular weight is 382 g/mol. The van der Waals surface area contributed by atoms with Gasteiger partial charge < -0.3 is 19.9 Å². The number of methoxy groups -OCH3 is 1. The maximum atomic E-state index is 14.6. The summed E-state index contributed by atoms with van der Waals surface area (Å²) < 4.78 is 25.4. The fraction of sp³-hybridized carbons (Fsp3) is 0.238. The zero-order chi connectivity index (χ0) is 19.9. The molecule has 0 saturated heterocycles. The summed E-state index contributed by atoms with van der Waals surface area (Å²) in [5.41, 5.74) is 0.526. The smallest absolute Gasteiger partial charge is 0.230 e. The number of ether oxygens (including phenoxy) is 2. The van der Waals surface area contributed by atoms with Gasteiger partial charge in [0.25, 0.3) is 0 Å². The molecular formula is C21H19FN2O4. The SMILES string of the molecule is COc1cc2c(Oc3ccc(NC(=O)C4(C)CC4)cc3F)ccnc2cc1O. The number of fused-ring (bicyclic) bond motifs is 1. The number of aromatic nitrogens is 1. The number of nitrogens with zero attached hydrogens (tertiary/aromatic N) is 1. The van der Waals surface area contributed by atoms with Crippen molar-refractivity contribution in [1.29, 1.82) is 0 Å². The topological polar surface area (TPSA) is 80.7 Å². The van der Waals surface area contributed by atoms with Crippen molar-refractivity contribution in [2.24, 2.45) is 5.41 Å². The standard InChI is InChI=1S/C21H19FN2O4/c1-21(6-7-21)20(26)24-12-3-4-18(14(22)9-12)28-17-5-8-23-15-11-16(25)19(27-2)10-13(15)17/h3-5,8-11,25H,6-7H2,1-2H3,(H,24,26). The molecule has 0 aliphatic heterocycles. The van der Waals surface area contributed by atoms with Crippen molar-refractivity contribution in [1.82, 2.24) is 4.98 Å². The van der Waals surface area contributed by atoms with Crippen molar-refractivity contribution in [2.75, 3.05) is 12.4 Å². The molecule has 0 spiro atoms. The monoisotopic (exact) mass is 382 g/mol. The zero-order valence-corrected chi connectivity index (χ0v) is 15.5. The molecule has 1 saturated carbocycles. The van der Waals surface area contributed by atoms with E-state index in [0.717, 1.165) is 12.8 Å². The van der Waals surface area contributed by atoms with Gasteiger partial charge in [0, 0.05) is 34.8 Å². The number of carbonyl (C=O) groups excluding carboxylic acids is 1. The van der Waals surface area contributed by atoms with Gasteiger partial charge in [-0.1, -0.05) is 6.92 Å². The molecule has 0 radical (unpaired) electrons. The second-order valence-corrected chi connectivity index (χ2v) is 7.11. The van der Waals surface area contributed by atoms with E-state index in [1.807, 2.05) is 6.92 Å². The summed E-state index contributed by atoms with van der Waals surface area (Å²) in [4.78, 5) is 16.3. The van der Waals surface area contributed by atoms with E-state index in [-0.39, 0.29) is 28.6 Å². The van der Waals surface area contributed by atoms with Crippen molar-refractivity contribution in [2.45, 2.75) is 19.8 Å². The third kappa shape index (κ3) is 3.31. The molecule has 6 nitrogen and oxygen atoms in total. The van der Waals surface area contributed by atoms with E-state index in [2.05, 4.69) is 10.3 Å².